The van der Waals surface area contributed by atoms with Crippen LogP contribution in [-0.4, -0.2) is 39.4 Å². The second kappa shape index (κ2) is 7.96. The van der Waals surface area contributed by atoms with E-state index in [2.05, 4.69) is 15.0 Å². The molecule has 0 saturated carbocycles. The molecule has 0 spiro atoms. The number of rotatable bonds is 9. The molecule has 2 N–H and O–H groups in total. The van der Waals surface area contributed by atoms with Crippen LogP contribution in [-0.2, 0) is 14.8 Å². The molecule has 0 aliphatic heterocycles. The van der Waals surface area contributed by atoms with Crippen molar-refractivity contribution in [3.63, 3.8) is 0 Å². The van der Waals surface area contributed by atoms with Crippen LogP contribution in [0.5, 0.6) is 0 Å². The smallest absolute Gasteiger partial charge is 0.232 e. The molecule has 7 heteroatoms. The van der Waals surface area contributed by atoms with Gasteiger partial charge in [-0.1, -0.05) is 6.92 Å². The van der Waals surface area contributed by atoms with Gasteiger partial charge in [0.2, 0.25) is 10.0 Å². The second-order valence-electron chi connectivity index (χ2n) is 4.13. The van der Waals surface area contributed by atoms with Gasteiger partial charge in [-0.05, 0) is 25.0 Å². The SMILES string of the molecule is CCCS(=O)(=O)Nc1ccc(NCCCOC)nc1. The quantitative estimate of drug-likeness (QED) is 0.675. The van der Waals surface area contributed by atoms with E-state index in [0.717, 1.165) is 18.8 Å². The number of methoxy groups -OCH3 is 1. The summed E-state index contributed by atoms with van der Waals surface area (Å²) in [6.45, 7) is 3.29. The Kier molecular flexibility index (Phi) is 6.58. The average molecular weight is 287 g/mol. The predicted molar refractivity (Wildman–Crippen MR) is 76.9 cm³/mol. The van der Waals surface area contributed by atoms with E-state index in [1.54, 1.807) is 19.2 Å². The summed E-state index contributed by atoms with van der Waals surface area (Å²) >= 11 is 0. The molecule has 0 bridgehead atoms. The van der Waals surface area contributed by atoms with Gasteiger partial charge in [0, 0.05) is 20.3 Å². The molecule has 108 valence electrons. The van der Waals surface area contributed by atoms with Crippen LogP contribution >= 0.6 is 0 Å². The van der Waals surface area contributed by atoms with E-state index in [-0.39, 0.29) is 5.75 Å². The first-order valence-electron chi connectivity index (χ1n) is 6.26. The fourth-order valence-electron chi connectivity index (χ4n) is 1.49. The summed E-state index contributed by atoms with van der Waals surface area (Å²) in [4.78, 5) is 4.14. The van der Waals surface area contributed by atoms with Crippen LogP contribution in [0.2, 0.25) is 0 Å². The number of nitrogens with zero attached hydrogens (tertiary/aromatic N) is 1. The molecule has 0 unspecified atom stereocenters. The van der Waals surface area contributed by atoms with E-state index in [1.807, 2.05) is 6.92 Å². The first kappa shape index (κ1) is 15.7. The summed E-state index contributed by atoms with van der Waals surface area (Å²) < 4.78 is 30.5. The van der Waals surface area contributed by atoms with Gasteiger partial charge >= 0.3 is 0 Å². The molecule has 0 atom stereocenters. The van der Waals surface area contributed by atoms with Gasteiger partial charge in [-0.2, -0.15) is 0 Å². The second-order valence-corrected chi connectivity index (χ2v) is 5.97. The zero-order valence-corrected chi connectivity index (χ0v) is 12.2. The third kappa shape index (κ3) is 6.40. The van der Waals surface area contributed by atoms with Crippen molar-refractivity contribution in [2.45, 2.75) is 19.8 Å². The standard InChI is InChI=1S/C12H21N3O3S/c1-3-9-19(16,17)15-11-5-6-12(14-10-11)13-7-4-8-18-2/h5-6,10,15H,3-4,7-9H2,1-2H3,(H,13,14). The van der Waals surface area contributed by atoms with Gasteiger partial charge in [-0.25, -0.2) is 13.4 Å². The van der Waals surface area contributed by atoms with Crippen molar-refractivity contribution >= 4 is 21.5 Å². The van der Waals surface area contributed by atoms with Crippen LogP contribution in [0.15, 0.2) is 18.3 Å². The molecule has 1 aromatic heterocycles. The van der Waals surface area contributed by atoms with Gasteiger partial charge in [0.15, 0.2) is 0 Å². The fourth-order valence-corrected chi connectivity index (χ4v) is 2.61. The Morgan fingerprint density at radius 1 is 1.37 bits per heavy atom. The minimum atomic E-state index is -3.25. The number of anilines is 2. The number of pyridine rings is 1. The van der Waals surface area contributed by atoms with Crippen molar-refractivity contribution in [2.24, 2.45) is 0 Å². The van der Waals surface area contributed by atoms with Crippen molar-refractivity contribution in [3.05, 3.63) is 18.3 Å². The maximum Gasteiger partial charge on any atom is 0.232 e. The van der Waals surface area contributed by atoms with Crippen molar-refractivity contribution < 1.29 is 13.2 Å². The van der Waals surface area contributed by atoms with Gasteiger partial charge in [-0.3, -0.25) is 4.72 Å². The van der Waals surface area contributed by atoms with Crippen LogP contribution in [0.3, 0.4) is 0 Å². The lowest BCUT2D eigenvalue weighted by Gasteiger charge is -2.08. The summed E-state index contributed by atoms with van der Waals surface area (Å²) in [5, 5.41) is 3.13. The molecule has 0 aliphatic rings. The number of ether oxygens (including phenoxy) is 1. The zero-order valence-electron chi connectivity index (χ0n) is 11.3. The Morgan fingerprint density at radius 3 is 2.74 bits per heavy atom. The van der Waals surface area contributed by atoms with E-state index in [9.17, 15) is 8.42 Å². The van der Waals surface area contributed by atoms with Crippen LogP contribution in [0.1, 0.15) is 19.8 Å². The molecule has 1 heterocycles. The maximum atomic E-state index is 11.6. The number of aromatic nitrogens is 1. The molecule has 0 saturated heterocycles. The van der Waals surface area contributed by atoms with Crippen molar-refractivity contribution in [3.8, 4) is 0 Å². The van der Waals surface area contributed by atoms with Gasteiger partial charge in [0.05, 0.1) is 17.6 Å². The van der Waals surface area contributed by atoms with E-state index < -0.39 is 10.0 Å². The first-order valence-corrected chi connectivity index (χ1v) is 7.92. The lowest BCUT2D eigenvalue weighted by molar-refractivity contribution is 0.198. The molecule has 0 fully saturated rings. The summed E-state index contributed by atoms with van der Waals surface area (Å²) in [6.07, 6.45) is 2.98. The van der Waals surface area contributed by atoms with E-state index in [0.29, 0.717) is 18.7 Å². The molecule has 6 nitrogen and oxygen atoms in total. The predicted octanol–water partition coefficient (Wildman–Crippen LogP) is 1.68. The molecule has 0 amide bonds. The first-order chi connectivity index (χ1) is 9.07. The Hall–Kier alpha value is -1.34. The maximum absolute atomic E-state index is 11.6. The number of nitrogens with one attached hydrogen (secondary N) is 2. The number of hydrogen-bond acceptors (Lipinski definition) is 5. The molecule has 1 aromatic rings. The van der Waals surface area contributed by atoms with Crippen LogP contribution in [0.25, 0.3) is 0 Å². The largest absolute Gasteiger partial charge is 0.385 e. The molecular formula is C12H21N3O3S. The lowest BCUT2D eigenvalue weighted by Crippen LogP contribution is -2.16. The molecule has 0 radical (unpaired) electrons. The van der Waals surface area contributed by atoms with Gasteiger partial charge in [-0.15, -0.1) is 0 Å². The van der Waals surface area contributed by atoms with E-state index in [1.165, 1.54) is 6.20 Å². The highest BCUT2D eigenvalue weighted by molar-refractivity contribution is 7.92. The molecular weight excluding hydrogens is 266 g/mol. The van der Waals surface area contributed by atoms with Gasteiger partial charge in [0.25, 0.3) is 0 Å². The van der Waals surface area contributed by atoms with Crippen LogP contribution in [0.4, 0.5) is 11.5 Å². The minimum Gasteiger partial charge on any atom is -0.385 e. The molecule has 0 aromatic carbocycles. The average Bonchev–Trinajstić information content (AvgIpc) is 2.36. The number of sulfonamides is 1. The summed E-state index contributed by atoms with van der Waals surface area (Å²) in [7, 11) is -1.59. The third-order valence-corrected chi connectivity index (χ3v) is 3.83. The number of hydrogen-bond donors (Lipinski definition) is 2. The topological polar surface area (TPSA) is 80.3 Å². The highest BCUT2D eigenvalue weighted by Gasteiger charge is 2.08. The molecule has 19 heavy (non-hydrogen) atoms. The zero-order chi connectivity index (χ0) is 14.1. The van der Waals surface area contributed by atoms with Gasteiger partial charge in [0.1, 0.15) is 5.82 Å². The Bertz CT molecular complexity index is 460. The summed E-state index contributed by atoms with van der Waals surface area (Å²) in [5.41, 5.74) is 0.482. The van der Waals surface area contributed by atoms with Crippen molar-refractivity contribution in [2.75, 3.05) is 36.1 Å². The minimum absolute atomic E-state index is 0.115. The van der Waals surface area contributed by atoms with Crippen molar-refractivity contribution in [1.29, 1.82) is 0 Å². The highest BCUT2D eigenvalue weighted by Crippen LogP contribution is 2.11. The van der Waals surface area contributed by atoms with Gasteiger partial charge < -0.3 is 10.1 Å². The normalized spacial score (nSPS) is 11.3. The molecule has 0 aliphatic carbocycles. The highest BCUT2D eigenvalue weighted by atomic mass is 32.2. The third-order valence-electron chi connectivity index (χ3n) is 2.34. The summed E-state index contributed by atoms with van der Waals surface area (Å²) in [5.74, 6) is 0.832. The molecule has 1 rings (SSSR count). The monoisotopic (exact) mass is 287 g/mol. The van der Waals surface area contributed by atoms with Crippen LogP contribution in [0, 0.1) is 0 Å². The van der Waals surface area contributed by atoms with Crippen LogP contribution < -0.4 is 10.0 Å². The Balaban J connectivity index is 2.47. The fraction of sp³-hybridized carbons (Fsp3) is 0.583. The van der Waals surface area contributed by atoms with E-state index in [4.69, 9.17) is 4.74 Å². The Morgan fingerprint density at radius 2 is 2.16 bits per heavy atom. The van der Waals surface area contributed by atoms with Crippen molar-refractivity contribution in [1.82, 2.24) is 4.98 Å². The Labute approximate surface area is 114 Å². The summed E-state index contributed by atoms with van der Waals surface area (Å²) in [6, 6.07) is 3.44. The van der Waals surface area contributed by atoms with E-state index >= 15 is 0 Å². The lowest BCUT2D eigenvalue weighted by atomic mass is 10.4.